The molecular formula is C24H24N4O5S. The number of nitrogens with zero attached hydrogens (tertiary/aromatic N) is 3. The highest BCUT2D eigenvalue weighted by molar-refractivity contribution is 7.92. The van der Waals surface area contributed by atoms with E-state index in [-0.39, 0.29) is 28.5 Å². The third-order valence-electron chi connectivity index (χ3n) is 5.17. The van der Waals surface area contributed by atoms with Gasteiger partial charge in [-0.2, -0.15) is 5.10 Å². The summed E-state index contributed by atoms with van der Waals surface area (Å²) >= 11 is 0. The Bertz CT molecular complexity index is 1490. The number of methoxy groups -OCH3 is 1. The number of ether oxygens (including phenoxy) is 2. The normalized spacial score (nSPS) is 11.4. The highest BCUT2D eigenvalue weighted by Gasteiger charge is 2.22. The monoisotopic (exact) mass is 480 g/mol. The topological polar surface area (TPSA) is 112 Å². The van der Waals surface area contributed by atoms with E-state index in [0.29, 0.717) is 16.8 Å². The van der Waals surface area contributed by atoms with Crippen molar-refractivity contribution in [3.63, 3.8) is 0 Å². The Morgan fingerprint density at radius 3 is 2.65 bits per heavy atom. The lowest BCUT2D eigenvalue weighted by Gasteiger charge is -2.13. The van der Waals surface area contributed by atoms with Crippen LogP contribution in [0.25, 0.3) is 16.8 Å². The van der Waals surface area contributed by atoms with Crippen molar-refractivity contribution in [1.29, 1.82) is 0 Å². The summed E-state index contributed by atoms with van der Waals surface area (Å²) < 4.78 is 41.2. The fourth-order valence-corrected chi connectivity index (χ4v) is 4.91. The maximum absolute atomic E-state index is 13.3. The van der Waals surface area contributed by atoms with E-state index in [4.69, 9.17) is 9.47 Å². The van der Waals surface area contributed by atoms with Gasteiger partial charge in [-0.15, -0.1) is 0 Å². The lowest BCUT2D eigenvalue weighted by Crippen LogP contribution is -2.15. The van der Waals surface area contributed by atoms with Crippen LogP contribution in [0.15, 0.2) is 59.6 Å². The van der Waals surface area contributed by atoms with Crippen LogP contribution in [0.4, 0.5) is 5.69 Å². The van der Waals surface area contributed by atoms with E-state index in [2.05, 4.69) is 14.8 Å². The quantitative estimate of drug-likeness (QED) is 0.398. The van der Waals surface area contributed by atoms with Crippen LogP contribution in [0.1, 0.15) is 28.7 Å². The summed E-state index contributed by atoms with van der Waals surface area (Å²) in [5.41, 5.74) is 4.15. The largest absolute Gasteiger partial charge is 0.495 e. The van der Waals surface area contributed by atoms with Crippen molar-refractivity contribution >= 4 is 27.3 Å². The maximum atomic E-state index is 13.3. The third-order valence-corrected chi connectivity index (χ3v) is 6.57. The molecule has 0 radical (unpaired) electrons. The molecule has 0 saturated heterocycles. The van der Waals surface area contributed by atoms with Crippen LogP contribution in [0.2, 0.25) is 0 Å². The van der Waals surface area contributed by atoms with Crippen molar-refractivity contribution in [2.75, 3.05) is 18.4 Å². The number of hydrogen-bond acceptors (Lipinski definition) is 7. The highest BCUT2D eigenvalue weighted by atomic mass is 32.2. The highest BCUT2D eigenvalue weighted by Crippen LogP contribution is 2.33. The molecule has 2 aromatic carbocycles. The fraction of sp³-hybridized carbons (Fsp3) is 0.208. The van der Waals surface area contributed by atoms with Gasteiger partial charge in [-0.25, -0.2) is 22.7 Å². The van der Waals surface area contributed by atoms with E-state index in [1.165, 1.54) is 19.2 Å². The number of aromatic nitrogens is 3. The zero-order valence-electron chi connectivity index (χ0n) is 19.2. The zero-order valence-corrected chi connectivity index (χ0v) is 20.0. The zero-order chi connectivity index (χ0) is 24.5. The van der Waals surface area contributed by atoms with Crippen molar-refractivity contribution in [3.05, 3.63) is 71.7 Å². The summed E-state index contributed by atoms with van der Waals surface area (Å²) in [6.07, 6.45) is 1.66. The van der Waals surface area contributed by atoms with Gasteiger partial charge in [-0.3, -0.25) is 4.72 Å². The summed E-state index contributed by atoms with van der Waals surface area (Å²) in [4.78, 5) is 16.5. The molecule has 0 spiro atoms. The first kappa shape index (κ1) is 23.2. The van der Waals surface area contributed by atoms with Crippen LogP contribution in [0.5, 0.6) is 5.75 Å². The fourth-order valence-electron chi connectivity index (χ4n) is 3.66. The first-order chi connectivity index (χ1) is 16.2. The predicted octanol–water partition coefficient (Wildman–Crippen LogP) is 4.00. The summed E-state index contributed by atoms with van der Waals surface area (Å²) in [5, 5.41) is 4.39. The second kappa shape index (κ2) is 9.14. The number of anilines is 1. The second-order valence-electron chi connectivity index (χ2n) is 7.60. The van der Waals surface area contributed by atoms with E-state index in [1.54, 1.807) is 48.0 Å². The molecule has 0 aliphatic rings. The Hall–Kier alpha value is -3.92. The number of esters is 1. The van der Waals surface area contributed by atoms with E-state index >= 15 is 0 Å². The third kappa shape index (κ3) is 4.44. The Kier molecular flexibility index (Phi) is 6.25. The van der Waals surface area contributed by atoms with Gasteiger partial charge in [0.25, 0.3) is 10.0 Å². The number of nitrogens with one attached hydrogen (secondary N) is 1. The van der Waals surface area contributed by atoms with Crippen LogP contribution in [0, 0.1) is 13.8 Å². The Balaban J connectivity index is 1.76. The van der Waals surface area contributed by atoms with Crippen molar-refractivity contribution < 1.29 is 22.7 Å². The molecule has 0 bridgehead atoms. The number of fused-ring (bicyclic) bond motifs is 1. The number of sulfonamides is 1. The number of benzene rings is 2. The average Bonchev–Trinajstić information content (AvgIpc) is 3.23. The number of aryl methyl sites for hydroxylation is 2. The molecule has 2 aromatic heterocycles. The van der Waals surface area contributed by atoms with Gasteiger partial charge in [0.1, 0.15) is 10.6 Å². The molecule has 1 N–H and O–H groups in total. The Morgan fingerprint density at radius 2 is 1.91 bits per heavy atom. The van der Waals surface area contributed by atoms with E-state index in [1.807, 2.05) is 19.9 Å². The second-order valence-corrected chi connectivity index (χ2v) is 9.26. The predicted molar refractivity (Wildman–Crippen MR) is 128 cm³/mol. The molecule has 176 valence electrons. The van der Waals surface area contributed by atoms with Crippen molar-refractivity contribution in [2.45, 2.75) is 25.7 Å². The number of carbonyl (C=O) groups excluding carboxylic acids is 1. The lowest BCUT2D eigenvalue weighted by molar-refractivity contribution is 0.0526. The molecule has 0 amide bonds. The Morgan fingerprint density at radius 1 is 1.12 bits per heavy atom. The van der Waals surface area contributed by atoms with E-state index < -0.39 is 16.0 Å². The molecule has 0 fully saturated rings. The Labute approximate surface area is 197 Å². The number of hydrogen-bond donors (Lipinski definition) is 1. The summed E-state index contributed by atoms with van der Waals surface area (Å²) in [6, 6.07) is 12.9. The minimum absolute atomic E-state index is 0.0576. The first-order valence-corrected chi connectivity index (χ1v) is 12.0. The van der Waals surface area contributed by atoms with Gasteiger partial charge in [0, 0.05) is 22.6 Å². The lowest BCUT2D eigenvalue weighted by atomic mass is 10.1. The van der Waals surface area contributed by atoms with Gasteiger partial charge in [-0.1, -0.05) is 12.1 Å². The SMILES string of the molecule is CCOC(=O)c1cccc(NS(=O)(=O)c2cc(-c3cnn4c(C)cc(C)nc34)ccc2OC)c1. The van der Waals surface area contributed by atoms with Crippen molar-refractivity contribution in [1.82, 2.24) is 14.6 Å². The summed E-state index contributed by atoms with van der Waals surface area (Å²) in [7, 11) is -2.67. The van der Waals surface area contributed by atoms with Gasteiger partial charge in [0.2, 0.25) is 0 Å². The molecule has 9 nitrogen and oxygen atoms in total. The molecule has 0 atom stereocenters. The summed E-state index contributed by atoms with van der Waals surface area (Å²) in [6.45, 7) is 5.74. The van der Waals surface area contributed by atoms with Crippen LogP contribution >= 0.6 is 0 Å². The van der Waals surface area contributed by atoms with Crippen molar-refractivity contribution in [2.24, 2.45) is 0 Å². The minimum atomic E-state index is -4.07. The molecular weight excluding hydrogens is 456 g/mol. The van der Waals surface area contributed by atoms with Crippen LogP contribution in [-0.2, 0) is 14.8 Å². The van der Waals surface area contributed by atoms with E-state index in [0.717, 1.165) is 11.4 Å². The molecule has 10 heteroatoms. The summed E-state index contributed by atoms with van der Waals surface area (Å²) in [5.74, 6) is -0.358. The van der Waals surface area contributed by atoms with Gasteiger partial charge in [0.15, 0.2) is 5.65 Å². The molecule has 0 aliphatic carbocycles. The van der Waals surface area contributed by atoms with Crippen LogP contribution in [0.3, 0.4) is 0 Å². The minimum Gasteiger partial charge on any atom is -0.495 e. The smallest absolute Gasteiger partial charge is 0.338 e. The maximum Gasteiger partial charge on any atom is 0.338 e. The van der Waals surface area contributed by atoms with Gasteiger partial charge in [0.05, 0.1) is 25.5 Å². The molecule has 4 rings (SSSR count). The van der Waals surface area contributed by atoms with E-state index in [9.17, 15) is 13.2 Å². The molecule has 4 aromatic rings. The molecule has 2 heterocycles. The molecule has 0 aliphatic heterocycles. The molecule has 0 unspecified atom stereocenters. The standard InChI is InChI=1S/C24H24N4O5S/c1-5-33-24(29)18-7-6-8-19(12-18)27-34(30,31)22-13-17(9-10-21(22)32-4)20-14-25-28-16(3)11-15(2)26-23(20)28/h6-14,27H,5H2,1-4H3. The number of rotatable bonds is 7. The van der Waals surface area contributed by atoms with Gasteiger partial charge < -0.3 is 9.47 Å². The van der Waals surface area contributed by atoms with Gasteiger partial charge in [-0.05, 0) is 62.7 Å². The van der Waals surface area contributed by atoms with Crippen molar-refractivity contribution in [3.8, 4) is 16.9 Å². The molecule has 34 heavy (non-hydrogen) atoms. The van der Waals surface area contributed by atoms with Crippen LogP contribution < -0.4 is 9.46 Å². The molecule has 0 saturated carbocycles. The average molecular weight is 481 g/mol. The van der Waals surface area contributed by atoms with Gasteiger partial charge >= 0.3 is 5.97 Å². The van der Waals surface area contributed by atoms with Crippen LogP contribution in [-0.4, -0.2) is 42.7 Å². The number of carbonyl (C=O) groups is 1. The first-order valence-electron chi connectivity index (χ1n) is 10.5.